The average molecular weight is 442 g/mol. The maximum Gasteiger partial charge on any atom is 0.416 e. The molecule has 152 valence electrons. The van der Waals surface area contributed by atoms with Crippen LogP contribution in [0.5, 0.6) is 0 Å². The number of piperidine rings is 1. The van der Waals surface area contributed by atoms with Crippen LogP contribution in [0.15, 0.2) is 40.8 Å². The van der Waals surface area contributed by atoms with Crippen molar-refractivity contribution in [1.29, 1.82) is 0 Å². The number of carbonyl (C=O) groups excluding carboxylic acids is 1. The number of thiophene rings is 1. The standard InChI is InChI=1S/C19H15ClF3N3O2S/c20-15-8-7-14(29-15)18(27)26-9-1-2-12(10-26)17-25-24-16(28-17)11-3-5-13(6-4-11)19(21,22)23/h3-8,12H,1-2,9-10H2. The Morgan fingerprint density at radius 3 is 2.59 bits per heavy atom. The summed E-state index contributed by atoms with van der Waals surface area (Å²) in [6.07, 6.45) is -2.83. The predicted molar refractivity (Wildman–Crippen MR) is 102 cm³/mol. The number of nitrogens with zero attached hydrogens (tertiary/aromatic N) is 3. The summed E-state index contributed by atoms with van der Waals surface area (Å²) in [6.45, 7) is 1.06. The topological polar surface area (TPSA) is 59.2 Å². The zero-order valence-electron chi connectivity index (χ0n) is 14.9. The third-order valence-corrected chi connectivity index (χ3v) is 5.96. The maximum atomic E-state index is 12.7. The van der Waals surface area contributed by atoms with Crippen molar-refractivity contribution in [3.8, 4) is 11.5 Å². The fraction of sp³-hybridized carbons (Fsp3) is 0.316. The number of alkyl halides is 3. The second kappa shape index (κ2) is 7.79. The first-order valence-electron chi connectivity index (χ1n) is 8.87. The van der Waals surface area contributed by atoms with Gasteiger partial charge in [-0.25, -0.2) is 0 Å². The fourth-order valence-corrected chi connectivity index (χ4v) is 4.28. The highest BCUT2D eigenvalue weighted by Gasteiger charge is 2.31. The molecule has 1 atom stereocenters. The van der Waals surface area contributed by atoms with Crippen molar-refractivity contribution in [2.24, 2.45) is 0 Å². The molecular formula is C19H15ClF3N3O2S. The van der Waals surface area contributed by atoms with E-state index < -0.39 is 11.7 Å². The molecule has 1 aliphatic heterocycles. The first-order valence-corrected chi connectivity index (χ1v) is 10.1. The van der Waals surface area contributed by atoms with Crippen molar-refractivity contribution in [1.82, 2.24) is 15.1 Å². The van der Waals surface area contributed by atoms with E-state index in [1.807, 2.05) is 0 Å². The van der Waals surface area contributed by atoms with Crippen molar-refractivity contribution in [3.05, 3.63) is 57.1 Å². The summed E-state index contributed by atoms with van der Waals surface area (Å²) >= 11 is 7.15. The second-order valence-electron chi connectivity index (χ2n) is 6.71. The molecule has 1 amide bonds. The van der Waals surface area contributed by atoms with E-state index >= 15 is 0 Å². The molecule has 1 aromatic carbocycles. The number of rotatable bonds is 3. The van der Waals surface area contributed by atoms with Crippen molar-refractivity contribution in [3.63, 3.8) is 0 Å². The smallest absolute Gasteiger partial charge is 0.416 e. The van der Waals surface area contributed by atoms with Gasteiger partial charge in [-0.05, 0) is 49.2 Å². The summed E-state index contributed by atoms with van der Waals surface area (Å²) in [6, 6.07) is 7.96. The summed E-state index contributed by atoms with van der Waals surface area (Å²) in [7, 11) is 0. The second-order valence-corrected chi connectivity index (χ2v) is 8.43. The number of likely N-dealkylation sites (tertiary alicyclic amines) is 1. The molecule has 1 fully saturated rings. The minimum Gasteiger partial charge on any atom is -0.420 e. The molecule has 1 unspecified atom stereocenters. The quantitative estimate of drug-likeness (QED) is 0.539. The van der Waals surface area contributed by atoms with E-state index in [0.29, 0.717) is 33.8 Å². The van der Waals surface area contributed by atoms with Crippen LogP contribution >= 0.6 is 22.9 Å². The van der Waals surface area contributed by atoms with E-state index in [1.54, 1.807) is 17.0 Å². The molecule has 3 aromatic rings. The normalized spacial score (nSPS) is 17.5. The van der Waals surface area contributed by atoms with Gasteiger partial charge >= 0.3 is 6.18 Å². The van der Waals surface area contributed by atoms with Gasteiger partial charge in [-0.2, -0.15) is 13.2 Å². The van der Waals surface area contributed by atoms with Gasteiger partial charge < -0.3 is 9.32 Å². The third-order valence-electron chi connectivity index (χ3n) is 4.74. The minimum absolute atomic E-state index is 0.0888. The molecule has 10 heteroatoms. The molecule has 5 nitrogen and oxygen atoms in total. The monoisotopic (exact) mass is 441 g/mol. The summed E-state index contributed by atoms with van der Waals surface area (Å²) in [5, 5.41) is 8.03. The van der Waals surface area contributed by atoms with Gasteiger partial charge in [0, 0.05) is 18.7 Å². The molecule has 0 aliphatic carbocycles. The molecule has 1 aliphatic rings. The van der Waals surface area contributed by atoms with E-state index in [1.165, 1.54) is 23.5 Å². The summed E-state index contributed by atoms with van der Waals surface area (Å²) in [5.74, 6) is 0.316. The van der Waals surface area contributed by atoms with Crippen LogP contribution in [0.25, 0.3) is 11.5 Å². The highest BCUT2D eigenvalue weighted by atomic mass is 35.5. The molecule has 2 aromatic heterocycles. The lowest BCUT2D eigenvalue weighted by Crippen LogP contribution is -2.38. The number of hydrogen-bond acceptors (Lipinski definition) is 5. The van der Waals surface area contributed by atoms with Gasteiger partial charge in [0.15, 0.2) is 0 Å². The Morgan fingerprint density at radius 2 is 1.93 bits per heavy atom. The Morgan fingerprint density at radius 1 is 1.17 bits per heavy atom. The van der Waals surface area contributed by atoms with Gasteiger partial charge in [-0.15, -0.1) is 21.5 Å². The Hall–Kier alpha value is -2.39. The van der Waals surface area contributed by atoms with Gasteiger partial charge in [-0.3, -0.25) is 4.79 Å². The number of aromatic nitrogens is 2. The van der Waals surface area contributed by atoms with Crippen molar-refractivity contribution in [2.75, 3.05) is 13.1 Å². The summed E-state index contributed by atoms with van der Waals surface area (Å²) in [4.78, 5) is 15.0. The summed E-state index contributed by atoms with van der Waals surface area (Å²) in [5.41, 5.74) is -0.329. The Bertz CT molecular complexity index is 1020. The number of amides is 1. The highest BCUT2D eigenvalue weighted by molar-refractivity contribution is 7.17. The van der Waals surface area contributed by atoms with Crippen LogP contribution in [0.3, 0.4) is 0 Å². The van der Waals surface area contributed by atoms with Gasteiger partial charge in [-0.1, -0.05) is 11.6 Å². The lowest BCUT2D eigenvalue weighted by Gasteiger charge is -2.30. The van der Waals surface area contributed by atoms with Gasteiger partial charge in [0.05, 0.1) is 20.7 Å². The largest absolute Gasteiger partial charge is 0.420 e. The van der Waals surface area contributed by atoms with E-state index in [0.717, 1.165) is 25.0 Å². The molecule has 0 radical (unpaired) electrons. The van der Waals surface area contributed by atoms with Gasteiger partial charge in [0.25, 0.3) is 5.91 Å². The number of halogens is 4. The predicted octanol–water partition coefficient (Wildman–Crippen LogP) is 5.49. The molecule has 0 N–H and O–H groups in total. The van der Waals surface area contributed by atoms with Crippen LogP contribution in [-0.4, -0.2) is 34.1 Å². The first-order chi connectivity index (χ1) is 13.8. The Labute approximate surface area is 173 Å². The van der Waals surface area contributed by atoms with Crippen molar-refractivity contribution >= 4 is 28.8 Å². The molecule has 1 saturated heterocycles. The lowest BCUT2D eigenvalue weighted by molar-refractivity contribution is -0.137. The lowest BCUT2D eigenvalue weighted by atomic mass is 9.98. The van der Waals surface area contributed by atoms with Crippen LogP contribution in [0.1, 0.15) is 39.9 Å². The SMILES string of the molecule is O=C(c1ccc(Cl)s1)N1CCCC(c2nnc(-c3ccc(C(F)(F)F)cc3)o2)C1. The van der Waals surface area contributed by atoms with Crippen molar-refractivity contribution in [2.45, 2.75) is 24.9 Å². The molecule has 4 rings (SSSR count). The zero-order chi connectivity index (χ0) is 20.6. The number of hydrogen-bond donors (Lipinski definition) is 0. The van der Waals surface area contributed by atoms with Gasteiger partial charge in [0.2, 0.25) is 11.8 Å². The molecule has 0 spiro atoms. The molecule has 0 bridgehead atoms. The third kappa shape index (κ3) is 4.30. The number of carbonyl (C=O) groups is 1. The molecule has 29 heavy (non-hydrogen) atoms. The fourth-order valence-electron chi connectivity index (χ4n) is 3.27. The number of benzene rings is 1. The molecule has 3 heterocycles. The minimum atomic E-state index is -4.40. The van der Waals surface area contributed by atoms with Gasteiger partial charge in [0.1, 0.15) is 0 Å². The van der Waals surface area contributed by atoms with E-state index in [9.17, 15) is 18.0 Å². The Balaban J connectivity index is 1.48. The van der Waals surface area contributed by atoms with Crippen LogP contribution in [0.4, 0.5) is 13.2 Å². The Kier molecular flexibility index (Phi) is 5.35. The van der Waals surface area contributed by atoms with Crippen LogP contribution in [0, 0.1) is 0 Å². The molecular weight excluding hydrogens is 427 g/mol. The van der Waals surface area contributed by atoms with Crippen LogP contribution in [0.2, 0.25) is 4.34 Å². The summed E-state index contributed by atoms with van der Waals surface area (Å²) < 4.78 is 44.4. The van der Waals surface area contributed by atoms with E-state index in [-0.39, 0.29) is 17.7 Å². The highest BCUT2D eigenvalue weighted by Crippen LogP contribution is 2.33. The van der Waals surface area contributed by atoms with E-state index in [4.69, 9.17) is 16.0 Å². The van der Waals surface area contributed by atoms with Crippen LogP contribution in [-0.2, 0) is 6.18 Å². The zero-order valence-corrected chi connectivity index (χ0v) is 16.5. The first kappa shape index (κ1) is 19.9. The van der Waals surface area contributed by atoms with Crippen molar-refractivity contribution < 1.29 is 22.4 Å². The van der Waals surface area contributed by atoms with E-state index in [2.05, 4.69) is 10.2 Å². The molecule has 0 saturated carbocycles. The average Bonchev–Trinajstić information content (AvgIpc) is 3.36. The van der Waals surface area contributed by atoms with Crippen LogP contribution < -0.4 is 0 Å². The maximum absolute atomic E-state index is 12.7.